The van der Waals surface area contributed by atoms with Gasteiger partial charge in [-0.05, 0) is 13.8 Å². The molecule has 1 N–H and O–H groups in total. The molecule has 1 aromatic rings. The highest BCUT2D eigenvalue weighted by Gasteiger charge is 2.16. The minimum Gasteiger partial charge on any atom is -0.334 e. The lowest BCUT2D eigenvalue weighted by atomic mass is 10.2. The molecule has 0 aliphatic carbocycles. The summed E-state index contributed by atoms with van der Waals surface area (Å²) in [5.41, 5.74) is 0. The number of imidazole rings is 1. The number of piperazine rings is 1. The maximum Gasteiger partial charge on any atom is 0.122 e. The second-order valence-electron chi connectivity index (χ2n) is 4.22. The number of hydrogen-bond donors (Lipinski definition) is 1. The summed E-state index contributed by atoms with van der Waals surface area (Å²) in [6, 6.07) is 0.601. The van der Waals surface area contributed by atoms with E-state index < -0.39 is 0 Å². The van der Waals surface area contributed by atoms with E-state index in [1.54, 1.807) is 0 Å². The summed E-state index contributed by atoms with van der Waals surface area (Å²) in [5.74, 6) is 1.19. The molecule has 0 spiro atoms. The Morgan fingerprint density at radius 3 is 3.20 bits per heavy atom. The number of rotatable bonds is 3. The van der Waals surface area contributed by atoms with Crippen LogP contribution in [0.25, 0.3) is 0 Å². The fraction of sp³-hybridized carbons (Fsp3) is 0.727. The molecule has 0 bridgehead atoms. The molecule has 84 valence electrons. The fourth-order valence-electron chi connectivity index (χ4n) is 2.14. The third-order valence-corrected chi connectivity index (χ3v) is 2.96. The number of hydrogen-bond acceptors (Lipinski definition) is 3. The van der Waals surface area contributed by atoms with Crippen molar-refractivity contribution < 1.29 is 0 Å². The molecule has 2 rings (SSSR count). The van der Waals surface area contributed by atoms with Gasteiger partial charge in [-0.1, -0.05) is 0 Å². The normalized spacial score (nSPS) is 23.2. The summed E-state index contributed by atoms with van der Waals surface area (Å²) in [7, 11) is 0. The van der Waals surface area contributed by atoms with E-state index in [9.17, 15) is 0 Å². The third kappa shape index (κ3) is 2.58. The summed E-state index contributed by atoms with van der Waals surface area (Å²) < 4.78 is 2.21. The van der Waals surface area contributed by atoms with Gasteiger partial charge in [-0.15, -0.1) is 0 Å². The molecule has 0 aromatic carbocycles. The molecule has 1 saturated heterocycles. The maximum atomic E-state index is 4.41. The van der Waals surface area contributed by atoms with Gasteiger partial charge in [0, 0.05) is 44.6 Å². The van der Waals surface area contributed by atoms with E-state index >= 15 is 0 Å². The van der Waals surface area contributed by atoms with E-state index in [0.717, 1.165) is 32.7 Å². The van der Waals surface area contributed by atoms with Crippen LogP contribution < -0.4 is 5.32 Å². The molecule has 1 aromatic heterocycles. The third-order valence-electron chi connectivity index (χ3n) is 2.96. The molecule has 15 heavy (non-hydrogen) atoms. The van der Waals surface area contributed by atoms with Crippen LogP contribution in [0.3, 0.4) is 0 Å². The van der Waals surface area contributed by atoms with Gasteiger partial charge in [-0.3, -0.25) is 4.90 Å². The Morgan fingerprint density at radius 2 is 2.47 bits per heavy atom. The van der Waals surface area contributed by atoms with Crippen LogP contribution in [0.5, 0.6) is 0 Å². The van der Waals surface area contributed by atoms with E-state index in [1.165, 1.54) is 5.82 Å². The zero-order valence-electron chi connectivity index (χ0n) is 9.61. The monoisotopic (exact) mass is 208 g/mol. The lowest BCUT2D eigenvalue weighted by Crippen LogP contribution is -2.48. The van der Waals surface area contributed by atoms with Crippen molar-refractivity contribution in [2.24, 2.45) is 0 Å². The van der Waals surface area contributed by atoms with Gasteiger partial charge in [0.2, 0.25) is 0 Å². The molecule has 1 aliphatic heterocycles. The van der Waals surface area contributed by atoms with Crippen molar-refractivity contribution in [1.82, 2.24) is 19.8 Å². The molecule has 2 heterocycles. The SMILES string of the molecule is CCn1ccnc1CN1CCNC(C)C1. The summed E-state index contributed by atoms with van der Waals surface area (Å²) in [6.07, 6.45) is 3.95. The maximum absolute atomic E-state index is 4.41. The zero-order valence-corrected chi connectivity index (χ0v) is 9.61. The molecule has 0 amide bonds. The molecule has 1 aliphatic rings. The second kappa shape index (κ2) is 4.77. The molecular formula is C11H20N4. The minimum atomic E-state index is 0.601. The van der Waals surface area contributed by atoms with Crippen molar-refractivity contribution in [2.75, 3.05) is 19.6 Å². The van der Waals surface area contributed by atoms with E-state index in [4.69, 9.17) is 0 Å². The van der Waals surface area contributed by atoms with Crippen molar-refractivity contribution in [2.45, 2.75) is 33.0 Å². The van der Waals surface area contributed by atoms with Gasteiger partial charge in [-0.25, -0.2) is 4.98 Å². The first kappa shape index (κ1) is 10.6. The van der Waals surface area contributed by atoms with Crippen LogP contribution >= 0.6 is 0 Å². The molecule has 1 fully saturated rings. The summed E-state index contributed by atoms with van der Waals surface area (Å²) in [5, 5.41) is 3.45. The van der Waals surface area contributed by atoms with Gasteiger partial charge >= 0.3 is 0 Å². The summed E-state index contributed by atoms with van der Waals surface area (Å²) >= 11 is 0. The Kier molecular flexibility index (Phi) is 3.38. The van der Waals surface area contributed by atoms with E-state index in [1.807, 2.05) is 6.20 Å². The van der Waals surface area contributed by atoms with E-state index in [-0.39, 0.29) is 0 Å². The van der Waals surface area contributed by atoms with Crippen LogP contribution in [0.1, 0.15) is 19.7 Å². The first-order chi connectivity index (χ1) is 7.29. The van der Waals surface area contributed by atoms with Crippen molar-refractivity contribution in [1.29, 1.82) is 0 Å². The van der Waals surface area contributed by atoms with Gasteiger partial charge in [0.1, 0.15) is 5.82 Å². The molecule has 1 atom stereocenters. The van der Waals surface area contributed by atoms with Gasteiger partial charge in [0.15, 0.2) is 0 Å². The smallest absolute Gasteiger partial charge is 0.122 e. The van der Waals surface area contributed by atoms with E-state index in [0.29, 0.717) is 6.04 Å². The van der Waals surface area contributed by atoms with Crippen molar-refractivity contribution in [3.63, 3.8) is 0 Å². The molecular weight excluding hydrogens is 188 g/mol. The lowest BCUT2D eigenvalue weighted by molar-refractivity contribution is 0.193. The first-order valence-electron chi connectivity index (χ1n) is 5.75. The number of nitrogens with one attached hydrogen (secondary N) is 1. The highest BCUT2D eigenvalue weighted by Crippen LogP contribution is 2.06. The molecule has 1 unspecified atom stereocenters. The average Bonchev–Trinajstić information content (AvgIpc) is 2.65. The Hall–Kier alpha value is -0.870. The van der Waals surface area contributed by atoms with Gasteiger partial charge in [-0.2, -0.15) is 0 Å². The molecule has 0 radical (unpaired) electrons. The quantitative estimate of drug-likeness (QED) is 0.793. The van der Waals surface area contributed by atoms with Crippen molar-refractivity contribution in [3.8, 4) is 0 Å². The highest BCUT2D eigenvalue weighted by molar-refractivity contribution is 4.93. The van der Waals surface area contributed by atoms with Gasteiger partial charge in [0.05, 0.1) is 6.54 Å². The zero-order chi connectivity index (χ0) is 10.7. The number of aryl methyl sites for hydroxylation is 1. The van der Waals surface area contributed by atoms with Crippen molar-refractivity contribution in [3.05, 3.63) is 18.2 Å². The predicted molar refractivity (Wildman–Crippen MR) is 60.6 cm³/mol. The van der Waals surface area contributed by atoms with Crippen LogP contribution in [-0.4, -0.2) is 40.1 Å². The van der Waals surface area contributed by atoms with E-state index in [2.05, 4.69) is 39.8 Å². The topological polar surface area (TPSA) is 33.1 Å². The Labute approximate surface area is 91.3 Å². The Balaban J connectivity index is 1.96. The fourth-order valence-corrected chi connectivity index (χ4v) is 2.14. The van der Waals surface area contributed by atoms with Crippen LogP contribution in [0.15, 0.2) is 12.4 Å². The predicted octanol–water partition coefficient (Wildman–Crippen LogP) is 0.697. The number of aromatic nitrogens is 2. The summed E-state index contributed by atoms with van der Waals surface area (Å²) in [6.45, 7) is 9.72. The van der Waals surface area contributed by atoms with Gasteiger partial charge < -0.3 is 9.88 Å². The van der Waals surface area contributed by atoms with Crippen molar-refractivity contribution >= 4 is 0 Å². The molecule has 4 heteroatoms. The Morgan fingerprint density at radius 1 is 1.60 bits per heavy atom. The first-order valence-corrected chi connectivity index (χ1v) is 5.75. The largest absolute Gasteiger partial charge is 0.334 e. The molecule has 0 saturated carbocycles. The van der Waals surface area contributed by atoms with Crippen LogP contribution in [0.4, 0.5) is 0 Å². The summed E-state index contributed by atoms with van der Waals surface area (Å²) in [4.78, 5) is 6.87. The standard InChI is InChI=1S/C11H20N4/c1-3-15-7-5-13-11(15)9-14-6-4-12-10(2)8-14/h5,7,10,12H,3-4,6,8-9H2,1-2H3. The lowest BCUT2D eigenvalue weighted by Gasteiger charge is -2.31. The second-order valence-corrected chi connectivity index (χ2v) is 4.22. The van der Waals surface area contributed by atoms with Crippen LogP contribution in [0, 0.1) is 0 Å². The van der Waals surface area contributed by atoms with Gasteiger partial charge in [0.25, 0.3) is 0 Å². The average molecular weight is 208 g/mol. The van der Waals surface area contributed by atoms with Crippen LogP contribution in [0.2, 0.25) is 0 Å². The Bertz CT molecular complexity index is 307. The van der Waals surface area contributed by atoms with Crippen LogP contribution in [-0.2, 0) is 13.1 Å². The minimum absolute atomic E-state index is 0.601. The highest BCUT2D eigenvalue weighted by atomic mass is 15.2. The molecule has 4 nitrogen and oxygen atoms in total. The number of nitrogens with zero attached hydrogens (tertiary/aromatic N) is 3.